The minimum Gasteiger partial charge on any atom is -0.293 e. The number of benzene rings is 1. The molecule has 3 aromatic rings. The molecule has 0 aliphatic heterocycles. The normalized spacial score (nSPS) is 11.7. The number of hydrogen-bond acceptors (Lipinski definition) is 4. The van der Waals surface area contributed by atoms with E-state index in [9.17, 15) is 22.4 Å². The topological polar surface area (TPSA) is 77.6 Å². The van der Waals surface area contributed by atoms with Gasteiger partial charge in [-0.15, -0.1) is 5.10 Å². The van der Waals surface area contributed by atoms with E-state index in [4.69, 9.17) is 23.2 Å². The van der Waals surface area contributed by atoms with E-state index in [1.54, 1.807) is 0 Å². The number of nitrogens with zero attached hydrogens (tertiary/aromatic N) is 5. The van der Waals surface area contributed by atoms with Crippen LogP contribution in [0.3, 0.4) is 0 Å². The first kappa shape index (κ1) is 22.0. The highest BCUT2D eigenvalue weighted by atomic mass is 35.5. The molecule has 2 aromatic heterocycles. The number of carbonyl (C=O) groups is 1. The summed E-state index contributed by atoms with van der Waals surface area (Å²) in [6, 6.07) is 4.27. The highest BCUT2D eigenvalue weighted by Crippen LogP contribution is 2.35. The standard InChI is InChI=1S/C17H14Cl2F4N6O/c1-9-14(19)15(17(21,22)23)26-29(9)6-5-13(30)25-16-24-8-28(27-16)7-10-11(18)3-2-4-12(10)20/h2-4,8H,5-7H2,1H3,(H,25,27,30). The Morgan fingerprint density at radius 3 is 2.60 bits per heavy atom. The number of aromatic nitrogens is 5. The van der Waals surface area contributed by atoms with Gasteiger partial charge in [-0.05, 0) is 19.1 Å². The first-order valence-corrected chi connectivity index (χ1v) is 9.24. The molecule has 1 aromatic carbocycles. The van der Waals surface area contributed by atoms with Crippen LogP contribution in [0.1, 0.15) is 23.4 Å². The first-order valence-electron chi connectivity index (χ1n) is 8.48. The molecule has 2 heterocycles. The van der Waals surface area contributed by atoms with E-state index in [0.717, 1.165) is 4.68 Å². The van der Waals surface area contributed by atoms with Crippen molar-refractivity contribution in [3.05, 3.63) is 57.3 Å². The number of nitrogens with one attached hydrogen (secondary N) is 1. The number of hydrogen-bond donors (Lipinski definition) is 1. The Morgan fingerprint density at radius 1 is 1.23 bits per heavy atom. The molecule has 3 rings (SSSR count). The van der Waals surface area contributed by atoms with E-state index in [1.807, 2.05) is 0 Å². The van der Waals surface area contributed by atoms with Crippen molar-refractivity contribution in [2.75, 3.05) is 5.32 Å². The molecule has 1 amide bonds. The van der Waals surface area contributed by atoms with Gasteiger partial charge in [0.2, 0.25) is 11.9 Å². The Balaban J connectivity index is 1.60. The second-order valence-corrected chi connectivity index (χ2v) is 7.02. The van der Waals surface area contributed by atoms with E-state index in [0.29, 0.717) is 0 Å². The fourth-order valence-corrected chi connectivity index (χ4v) is 3.06. The van der Waals surface area contributed by atoms with Gasteiger partial charge in [-0.25, -0.2) is 14.1 Å². The number of anilines is 1. The quantitative estimate of drug-likeness (QED) is 0.550. The number of halogens is 6. The predicted molar refractivity (Wildman–Crippen MR) is 101 cm³/mol. The maximum absolute atomic E-state index is 13.8. The van der Waals surface area contributed by atoms with Gasteiger partial charge in [-0.1, -0.05) is 29.3 Å². The van der Waals surface area contributed by atoms with E-state index >= 15 is 0 Å². The highest BCUT2D eigenvalue weighted by Gasteiger charge is 2.38. The van der Waals surface area contributed by atoms with Crippen molar-refractivity contribution in [1.82, 2.24) is 24.5 Å². The lowest BCUT2D eigenvalue weighted by molar-refractivity contribution is -0.141. The van der Waals surface area contributed by atoms with Crippen LogP contribution in [-0.4, -0.2) is 30.5 Å². The van der Waals surface area contributed by atoms with Crippen LogP contribution in [0.15, 0.2) is 24.5 Å². The van der Waals surface area contributed by atoms with Crippen molar-refractivity contribution in [2.24, 2.45) is 0 Å². The number of aryl methyl sites for hydroxylation is 1. The van der Waals surface area contributed by atoms with Gasteiger partial charge in [0.1, 0.15) is 12.1 Å². The molecule has 160 valence electrons. The zero-order valence-corrected chi connectivity index (χ0v) is 16.9. The smallest absolute Gasteiger partial charge is 0.293 e. The summed E-state index contributed by atoms with van der Waals surface area (Å²) in [6.45, 7) is 1.25. The predicted octanol–water partition coefficient (Wildman–Crippen LogP) is 4.32. The second-order valence-electron chi connectivity index (χ2n) is 6.23. The monoisotopic (exact) mass is 464 g/mol. The zero-order valence-electron chi connectivity index (χ0n) is 15.3. The molecule has 0 saturated heterocycles. The van der Waals surface area contributed by atoms with Gasteiger partial charge >= 0.3 is 6.18 Å². The van der Waals surface area contributed by atoms with Crippen molar-refractivity contribution in [2.45, 2.75) is 32.6 Å². The average Bonchev–Trinajstić information content (AvgIpc) is 3.21. The van der Waals surface area contributed by atoms with Crippen LogP contribution in [0.4, 0.5) is 23.5 Å². The molecule has 13 heteroatoms. The molecule has 0 radical (unpaired) electrons. The maximum atomic E-state index is 13.8. The van der Waals surface area contributed by atoms with E-state index in [-0.39, 0.29) is 41.7 Å². The van der Waals surface area contributed by atoms with E-state index in [1.165, 1.54) is 36.1 Å². The summed E-state index contributed by atoms with van der Waals surface area (Å²) in [7, 11) is 0. The number of carbonyl (C=O) groups excluding carboxylic acids is 1. The fraction of sp³-hybridized carbons (Fsp3) is 0.294. The average molecular weight is 465 g/mol. The van der Waals surface area contributed by atoms with Gasteiger partial charge in [0.15, 0.2) is 5.69 Å². The van der Waals surface area contributed by atoms with Crippen molar-refractivity contribution in [3.8, 4) is 0 Å². The van der Waals surface area contributed by atoms with E-state index in [2.05, 4.69) is 20.5 Å². The van der Waals surface area contributed by atoms with Crippen LogP contribution in [0.2, 0.25) is 10.0 Å². The highest BCUT2D eigenvalue weighted by molar-refractivity contribution is 6.32. The lowest BCUT2D eigenvalue weighted by Crippen LogP contribution is -2.17. The molecule has 1 N–H and O–H groups in total. The summed E-state index contributed by atoms with van der Waals surface area (Å²) < 4.78 is 54.7. The summed E-state index contributed by atoms with van der Waals surface area (Å²) in [4.78, 5) is 16.0. The molecular formula is C17H14Cl2F4N6O. The molecule has 0 spiro atoms. The maximum Gasteiger partial charge on any atom is 0.436 e. The number of amides is 1. The molecule has 0 atom stereocenters. The van der Waals surface area contributed by atoms with Crippen LogP contribution in [0.25, 0.3) is 0 Å². The van der Waals surface area contributed by atoms with Gasteiger partial charge in [0.05, 0.1) is 23.8 Å². The van der Waals surface area contributed by atoms with Crippen LogP contribution in [0.5, 0.6) is 0 Å². The third-order valence-electron chi connectivity index (χ3n) is 4.12. The minimum atomic E-state index is -4.69. The van der Waals surface area contributed by atoms with Crippen LogP contribution in [0, 0.1) is 12.7 Å². The van der Waals surface area contributed by atoms with Crippen LogP contribution < -0.4 is 5.32 Å². The minimum absolute atomic E-state index is 0.000419. The molecule has 30 heavy (non-hydrogen) atoms. The largest absolute Gasteiger partial charge is 0.436 e. The van der Waals surface area contributed by atoms with Gasteiger partial charge in [0, 0.05) is 17.0 Å². The van der Waals surface area contributed by atoms with Crippen molar-refractivity contribution >= 4 is 35.1 Å². The number of rotatable bonds is 6. The summed E-state index contributed by atoms with van der Waals surface area (Å²) in [5.74, 6) is -1.09. The molecule has 0 aliphatic carbocycles. The Hall–Kier alpha value is -2.66. The molecule has 0 fully saturated rings. The lowest BCUT2D eigenvalue weighted by atomic mass is 10.2. The van der Waals surface area contributed by atoms with Crippen LogP contribution in [-0.2, 0) is 24.1 Å². The molecule has 0 aliphatic rings. The number of alkyl halides is 3. The van der Waals surface area contributed by atoms with Crippen molar-refractivity contribution in [1.29, 1.82) is 0 Å². The molecule has 0 unspecified atom stereocenters. The lowest BCUT2D eigenvalue weighted by Gasteiger charge is -2.06. The summed E-state index contributed by atoms with van der Waals surface area (Å²) in [5.41, 5.74) is -0.885. The molecular weight excluding hydrogens is 451 g/mol. The van der Waals surface area contributed by atoms with Gasteiger partial charge in [-0.2, -0.15) is 18.3 Å². The van der Waals surface area contributed by atoms with E-state index < -0.39 is 28.6 Å². The Morgan fingerprint density at radius 2 is 1.97 bits per heavy atom. The second kappa shape index (κ2) is 8.60. The van der Waals surface area contributed by atoms with Crippen LogP contribution >= 0.6 is 23.2 Å². The molecule has 7 nitrogen and oxygen atoms in total. The fourth-order valence-electron chi connectivity index (χ4n) is 2.59. The van der Waals surface area contributed by atoms with Gasteiger partial charge in [-0.3, -0.25) is 14.8 Å². The van der Waals surface area contributed by atoms with Gasteiger partial charge in [0.25, 0.3) is 0 Å². The van der Waals surface area contributed by atoms with Crippen molar-refractivity contribution in [3.63, 3.8) is 0 Å². The SMILES string of the molecule is Cc1c(Cl)c(C(F)(F)F)nn1CCC(=O)Nc1ncn(Cc2c(F)cccc2Cl)n1. The molecule has 0 bridgehead atoms. The summed E-state index contributed by atoms with van der Waals surface area (Å²) in [6.07, 6.45) is -3.59. The third-order valence-corrected chi connectivity index (χ3v) is 4.93. The first-order chi connectivity index (χ1) is 14.1. The zero-order chi connectivity index (χ0) is 22.1. The summed E-state index contributed by atoms with van der Waals surface area (Å²) >= 11 is 11.6. The third kappa shape index (κ3) is 4.90. The van der Waals surface area contributed by atoms with Gasteiger partial charge < -0.3 is 0 Å². The Bertz CT molecular complexity index is 1060. The summed E-state index contributed by atoms with van der Waals surface area (Å²) in [5, 5.41) is 9.56. The van der Waals surface area contributed by atoms with Crippen molar-refractivity contribution < 1.29 is 22.4 Å². The Labute approximate surface area is 177 Å². The molecule has 0 saturated carbocycles. The Kier molecular flexibility index (Phi) is 6.32.